The highest BCUT2D eigenvalue weighted by molar-refractivity contribution is 6.37. The molecule has 1 aliphatic rings. The molecule has 1 fully saturated rings. The first-order valence-electron chi connectivity index (χ1n) is 10.4. The van der Waals surface area contributed by atoms with Crippen molar-refractivity contribution in [1.82, 2.24) is 25.2 Å². The first-order chi connectivity index (χ1) is 15.0. The zero-order valence-corrected chi connectivity index (χ0v) is 17.8. The van der Waals surface area contributed by atoms with Gasteiger partial charge in [-0.2, -0.15) is 5.10 Å². The third kappa shape index (κ3) is 3.40. The van der Waals surface area contributed by atoms with Crippen molar-refractivity contribution in [3.05, 3.63) is 57.3 Å². The molecule has 0 unspecified atom stereocenters. The smallest absolute Gasteiger partial charge is 0.264 e. The van der Waals surface area contributed by atoms with E-state index in [0.29, 0.717) is 33.8 Å². The minimum absolute atomic E-state index is 0.0109. The van der Waals surface area contributed by atoms with E-state index in [-0.39, 0.29) is 23.4 Å². The molecule has 2 N–H and O–H groups in total. The lowest BCUT2D eigenvalue weighted by molar-refractivity contribution is 0.0940. The Labute approximate surface area is 182 Å². The Morgan fingerprint density at radius 2 is 2.23 bits per heavy atom. The Kier molecular flexibility index (Phi) is 5.02. The zero-order valence-electron chi connectivity index (χ0n) is 17.0. The van der Waals surface area contributed by atoms with Crippen LogP contribution in [0.5, 0.6) is 0 Å². The lowest BCUT2D eigenvalue weighted by Gasteiger charge is -2.31. The number of aryl methyl sites for hydroxylation is 1. The summed E-state index contributed by atoms with van der Waals surface area (Å²) >= 11 is 6.52. The molecule has 4 aromatic rings. The van der Waals surface area contributed by atoms with Crippen LogP contribution in [0.15, 0.2) is 39.9 Å². The number of nitrogens with one attached hydrogen (secondary N) is 2. The second-order valence-electron chi connectivity index (χ2n) is 8.15. The van der Waals surface area contributed by atoms with Crippen molar-refractivity contribution in [2.24, 2.45) is 5.92 Å². The normalized spacial score (nSPS) is 19.2. The molecule has 0 aliphatic heterocycles. The number of H-pyrrole nitrogens is 1. The van der Waals surface area contributed by atoms with Crippen molar-refractivity contribution >= 4 is 39.3 Å². The van der Waals surface area contributed by atoms with Crippen molar-refractivity contribution in [2.45, 2.75) is 38.6 Å². The fraction of sp³-hybridized carbons (Fsp3) is 0.364. The molecule has 1 amide bonds. The van der Waals surface area contributed by atoms with Crippen LogP contribution >= 0.6 is 11.6 Å². The summed E-state index contributed by atoms with van der Waals surface area (Å²) in [6.07, 6.45) is 6.75. The first-order valence-corrected chi connectivity index (χ1v) is 10.8. The molecule has 1 aromatic carbocycles. The van der Waals surface area contributed by atoms with Crippen LogP contribution in [0.25, 0.3) is 21.8 Å². The van der Waals surface area contributed by atoms with Crippen molar-refractivity contribution in [1.29, 1.82) is 0 Å². The zero-order chi connectivity index (χ0) is 21.5. The number of fused-ring (bicyclic) bond motifs is 3. The number of halogens is 1. The monoisotopic (exact) mass is 439 g/mol. The summed E-state index contributed by atoms with van der Waals surface area (Å²) in [6.45, 7) is 2.31. The fourth-order valence-corrected chi connectivity index (χ4v) is 4.99. The average molecular weight is 440 g/mol. The minimum atomic E-state index is -0.146. The Balaban J connectivity index is 1.49. The van der Waals surface area contributed by atoms with Crippen LogP contribution in [-0.2, 0) is 0 Å². The fourth-order valence-electron chi connectivity index (χ4n) is 4.73. The maximum Gasteiger partial charge on any atom is 0.264 e. The molecule has 9 heteroatoms. The standard InChI is InChI=1S/C22H22ClN5O3/c1-12-18-20(27-31-12)19-16(23)6-3-7-17(19)28(22(18)30)15-5-2-4-13(8-15)9-24-21(29)14-10-25-26-11-14/h3,6-7,10-11,13,15H,2,4-5,8-9H2,1H3,(H,24,29)(H,25,26)/t13-,15+/m1/s1. The van der Waals surface area contributed by atoms with E-state index in [1.54, 1.807) is 19.2 Å². The predicted molar refractivity (Wildman–Crippen MR) is 117 cm³/mol. The summed E-state index contributed by atoms with van der Waals surface area (Å²) in [7, 11) is 0. The van der Waals surface area contributed by atoms with Crippen LogP contribution in [0.3, 0.4) is 0 Å². The molecular weight excluding hydrogens is 418 g/mol. The van der Waals surface area contributed by atoms with Crippen molar-refractivity contribution in [3.8, 4) is 0 Å². The largest absolute Gasteiger partial charge is 0.360 e. The van der Waals surface area contributed by atoms with E-state index < -0.39 is 0 Å². The van der Waals surface area contributed by atoms with E-state index in [4.69, 9.17) is 16.1 Å². The predicted octanol–water partition coefficient (Wildman–Crippen LogP) is 3.99. The van der Waals surface area contributed by atoms with Crippen molar-refractivity contribution in [3.63, 3.8) is 0 Å². The molecule has 0 spiro atoms. The molecule has 160 valence electrons. The molecule has 8 nitrogen and oxygen atoms in total. The van der Waals surface area contributed by atoms with Crippen LogP contribution in [0.1, 0.15) is 47.8 Å². The summed E-state index contributed by atoms with van der Waals surface area (Å²) < 4.78 is 7.20. The van der Waals surface area contributed by atoms with Gasteiger partial charge in [-0.1, -0.05) is 29.2 Å². The van der Waals surface area contributed by atoms with Crippen LogP contribution in [0, 0.1) is 12.8 Å². The molecule has 31 heavy (non-hydrogen) atoms. The number of nitrogens with zero attached hydrogens (tertiary/aromatic N) is 3. The molecule has 3 heterocycles. The topological polar surface area (TPSA) is 106 Å². The van der Waals surface area contributed by atoms with Crippen LogP contribution in [0.4, 0.5) is 0 Å². The minimum Gasteiger partial charge on any atom is -0.360 e. The van der Waals surface area contributed by atoms with Crippen molar-refractivity contribution in [2.75, 3.05) is 6.54 Å². The first kappa shape index (κ1) is 19.8. The Morgan fingerprint density at radius 3 is 3.03 bits per heavy atom. The lowest BCUT2D eigenvalue weighted by Crippen LogP contribution is -2.34. The van der Waals surface area contributed by atoms with E-state index >= 15 is 0 Å². The lowest BCUT2D eigenvalue weighted by atomic mass is 9.85. The van der Waals surface area contributed by atoms with Gasteiger partial charge in [0.25, 0.3) is 11.5 Å². The third-order valence-corrected chi connectivity index (χ3v) is 6.53. The molecule has 1 aliphatic carbocycles. The number of hydrogen-bond acceptors (Lipinski definition) is 5. The maximum absolute atomic E-state index is 13.5. The Bertz CT molecular complexity index is 1320. The van der Waals surface area contributed by atoms with Crippen LogP contribution in [0.2, 0.25) is 5.02 Å². The third-order valence-electron chi connectivity index (χ3n) is 6.22. The number of aromatic nitrogens is 4. The van der Waals surface area contributed by atoms with Gasteiger partial charge in [-0.15, -0.1) is 0 Å². The van der Waals surface area contributed by atoms with Gasteiger partial charge in [-0.25, -0.2) is 0 Å². The van der Waals surface area contributed by atoms with Gasteiger partial charge in [-0.05, 0) is 44.2 Å². The molecule has 0 radical (unpaired) electrons. The summed E-state index contributed by atoms with van der Waals surface area (Å²) in [5.74, 6) is 0.622. The molecule has 5 rings (SSSR count). The van der Waals surface area contributed by atoms with Gasteiger partial charge >= 0.3 is 0 Å². The summed E-state index contributed by atoms with van der Waals surface area (Å²) in [6, 6.07) is 5.58. The van der Waals surface area contributed by atoms with E-state index in [1.165, 1.54) is 6.20 Å². The van der Waals surface area contributed by atoms with Gasteiger partial charge in [0, 0.05) is 24.2 Å². The van der Waals surface area contributed by atoms with Gasteiger partial charge in [0.1, 0.15) is 16.7 Å². The number of pyridine rings is 1. The highest BCUT2D eigenvalue weighted by atomic mass is 35.5. The van der Waals surface area contributed by atoms with E-state index in [9.17, 15) is 9.59 Å². The van der Waals surface area contributed by atoms with E-state index in [1.807, 2.05) is 16.7 Å². The Hall–Kier alpha value is -3.13. The van der Waals surface area contributed by atoms with Crippen LogP contribution < -0.4 is 10.9 Å². The number of hydrogen-bond donors (Lipinski definition) is 2. The molecule has 2 atom stereocenters. The summed E-state index contributed by atoms with van der Waals surface area (Å²) in [4.78, 5) is 25.8. The number of rotatable bonds is 4. The Morgan fingerprint density at radius 1 is 1.35 bits per heavy atom. The summed E-state index contributed by atoms with van der Waals surface area (Å²) in [5, 5.41) is 15.3. The summed E-state index contributed by atoms with van der Waals surface area (Å²) in [5.41, 5.74) is 1.69. The van der Waals surface area contributed by atoms with Gasteiger partial charge in [-0.3, -0.25) is 14.7 Å². The molecule has 0 bridgehead atoms. The van der Waals surface area contributed by atoms with Gasteiger partial charge < -0.3 is 14.4 Å². The van der Waals surface area contributed by atoms with Gasteiger partial charge in [0.15, 0.2) is 0 Å². The number of amides is 1. The second kappa shape index (κ2) is 7.85. The average Bonchev–Trinajstić information content (AvgIpc) is 3.43. The quantitative estimate of drug-likeness (QED) is 0.500. The number of aromatic amines is 1. The number of benzene rings is 1. The molecular formula is C22H22ClN5O3. The number of carbonyl (C=O) groups is 1. The SMILES string of the molecule is Cc1onc2c1c(=O)n([C@H]1CCC[C@@H](CNC(=O)c3cn[nH]c3)C1)c1cccc(Cl)c21. The number of carbonyl (C=O) groups excluding carboxylic acids is 1. The van der Waals surface area contributed by atoms with Gasteiger partial charge in [0.2, 0.25) is 0 Å². The van der Waals surface area contributed by atoms with Crippen molar-refractivity contribution < 1.29 is 9.32 Å². The molecule has 1 saturated carbocycles. The van der Waals surface area contributed by atoms with Crippen LogP contribution in [-0.4, -0.2) is 32.4 Å². The maximum atomic E-state index is 13.5. The highest BCUT2D eigenvalue weighted by Gasteiger charge is 2.28. The molecule has 3 aromatic heterocycles. The van der Waals surface area contributed by atoms with E-state index in [2.05, 4.69) is 20.7 Å². The second-order valence-corrected chi connectivity index (χ2v) is 8.56. The molecule has 0 saturated heterocycles. The van der Waals surface area contributed by atoms with Gasteiger partial charge in [0.05, 0.1) is 22.3 Å². The van der Waals surface area contributed by atoms with E-state index in [0.717, 1.165) is 36.6 Å². The highest BCUT2D eigenvalue weighted by Crippen LogP contribution is 2.36.